The minimum absolute atomic E-state index is 0.0953. The van der Waals surface area contributed by atoms with Crippen LogP contribution in [0.3, 0.4) is 0 Å². The minimum Gasteiger partial charge on any atom is -0.495 e. The van der Waals surface area contributed by atoms with E-state index in [2.05, 4.69) is 0 Å². The summed E-state index contributed by atoms with van der Waals surface area (Å²) in [4.78, 5) is 26.6. The number of carbonyl (C=O) groups excluding carboxylic acids is 2. The van der Waals surface area contributed by atoms with E-state index in [4.69, 9.17) is 4.74 Å². The smallest absolute Gasteiger partial charge is 0.246 e. The van der Waals surface area contributed by atoms with E-state index in [0.29, 0.717) is 12.8 Å². The van der Waals surface area contributed by atoms with Crippen LogP contribution in [-0.4, -0.2) is 55.7 Å². The topological polar surface area (TPSA) is 84.0 Å². The maximum absolute atomic E-state index is 12.8. The van der Waals surface area contributed by atoms with Gasteiger partial charge in [-0.3, -0.25) is 14.5 Å². The number of imide groups is 1. The first-order chi connectivity index (χ1) is 12.4. The van der Waals surface area contributed by atoms with E-state index >= 15 is 0 Å². The Labute approximate surface area is 152 Å². The second kappa shape index (κ2) is 6.21. The fourth-order valence-electron chi connectivity index (χ4n) is 3.93. The SMILES string of the molecule is COc1ccccc1S(=O)(=O)N1CC(N2C(=O)C3CC=CCC3C2=O)C1. The van der Waals surface area contributed by atoms with Gasteiger partial charge in [0.1, 0.15) is 10.6 Å². The van der Waals surface area contributed by atoms with Crippen molar-refractivity contribution in [3.05, 3.63) is 36.4 Å². The van der Waals surface area contributed by atoms with E-state index in [0.717, 1.165) is 0 Å². The highest BCUT2D eigenvalue weighted by atomic mass is 32.2. The van der Waals surface area contributed by atoms with Gasteiger partial charge in [-0.05, 0) is 25.0 Å². The molecule has 0 spiro atoms. The van der Waals surface area contributed by atoms with Crippen LogP contribution >= 0.6 is 0 Å². The van der Waals surface area contributed by atoms with Gasteiger partial charge in [0.05, 0.1) is 25.0 Å². The predicted octanol–water partition coefficient (Wildman–Crippen LogP) is 1.02. The van der Waals surface area contributed by atoms with E-state index < -0.39 is 10.0 Å². The van der Waals surface area contributed by atoms with Gasteiger partial charge in [0.25, 0.3) is 0 Å². The number of para-hydroxylation sites is 1. The number of hydrogen-bond acceptors (Lipinski definition) is 5. The molecule has 2 atom stereocenters. The summed E-state index contributed by atoms with van der Waals surface area (Å²) in [5, 5.41) is 0. The lowest BCUT2D eigenvalue weighted by Gasteiger charge is -2.42. The van der Waals surface area contributed by atoms with Gasteiger partial charge in [-0.15, -0.1) is 0 Å². The number of allylic oxidation sites excluding steroid dienone is 2. The van der Waals surface area contributed by atoms with Crippen LogP contribution in [0.5, 0.6) is 5.75 Å². The normalized spacial score (nSPS) is 26.7. The average molecular weight is 376 g/mol. The largest absolute Gasteiger partial charge is 0.495 e. The van der Waals surface area contributed by atoms with Crippen LogP contribution in [-0.2, 0) is 19.6 Å². The molecule has 26 heavy (non-hydrogen) atoms. The second-order valence-electron chi connectivity index (χ2n) is 6.83. The third-order valence-electron chi connectivity index (χ3n) is 5.42. The molecule has 0 radical (unpaired) electrons. The summed E-state index contributed by atoms with van der Waals surface area (Å²) in [6.45, 7) is 0.259. The molecule has 2 saturated heterocycles. The van der Waals surface area contributed by atoms with Crippen molar-refractivity contribution in [1.82, 2.24) is 9.21 Å². The van der Waals surface area contributed by atoms with Gasteiger partial charge in [0, 0.05) is 13.1 Å². The molecule has 8 heteroatoms. The Balaban J connectivity index is 1.50. The summed E-state index contributed by atoms with van der Waals surface area (Å²) in [5.74, 6) is -0.617. The van der Waals surface area contributed by atoms with Crippen LogP contribution in [0.15, 0.2) is 41.3 Å². The molecule has 0 N–H and O–H groups in total. The van der Waals surface area contributed by atoms with Crippen molar-refractivity contribution in [3.8, 4) is 5.75 Å². The summed E-state index contributed by atoms with van der Waals surface area (Å²) in [6.07, 6.45) is 5.05. The fourth-order valence-corrected chi connectivity index (χ4v) is 5.60. The number of methoxy groups -OCH3 is 1. The zero-order valence-corrected chi connectivity index (χ0v) is 15.2. The zero-order chi connectivity index (χ0) is 18.5. The number of amides is 2. The van der Waals surface area contributed by atoms with E-state index in [9.17, 15) is 18.0 Å². The molecule has 2 aliphatic heterocycles. The summed E-state index contributed by atoms with van der Waals surface area (Å²) >= 11 is 0. The molecule has 138 valence electrons. The Morgan fingerprint density at radius 2 is 1.58 bits per heavy atom. The van der Waals surface area contributed by atoms with Gasteiger partial charge >= 0.3 is 0 Å². The van der Waals surface area contributed by atoms with Crippen LogP contribution in [0.4, 0.5) is 0 Å². The maximum Gasteiger partial charge on any atom is 0.246 e. The third kappa shape index (κ3) is 2.47. The Bertz CT molecular complexity index is 863. The summed E-state index contributed by atoms with van der Waals surface area (Å²) in [7, 11) is -2.30. The number of fused-ring (bicyclic) bond motifs is 1. The lowest BCUT2D eigenvalue weighted by Crippen LogP contribution is -2.62. The van der Waals surface area contributed by atoms with Gasteiger partial charge in [-0.2, -0.15) is 4.31 Å². The highest BCUT2D eigenvalue weighted by molar-refractivity contribution is 7.89. The average Bonchev–Trinajstić information content (AvgIpc) is 2.86. The van der Waals surface area contributed by atoms with Gasteiger partial charge in [-0.1, -0.05) is 24.3 Å². The molecule has 1 aliphatic carbocycles. The molecule has 2 amide bonds. The van der Waals surface area contributed by atoms with Gasteiger partial charge in [0.15, 0.2) is 0 Å². The van der Waals surface area contributed by atoms with Gasteiger partial charge in [0.2, 0.25) is 21.8 Å². The second-order valence-corrected chi connectivity index (χ2v) is 8.74. The standard InChI is InChI=1S/C18H20N2O5S/c1-25-15-8-4-5-9-16(15)26(23,24)19-10-12(11-19)20-17(21)13-6-2-3-7-14(13)18(20)22/h2-5,8-9,12-14H,6-7,10-11H2,1H3. The number of rotatable bonds is 4. The predicted molar refractivity (Wildman–Crippen MR) is 92.7 cm³/mol. The van der Waals surface area contributed by atoms with Crippen molar-refractivity contribution < 1.29 is 22.7 Å². The molecule has 4 rings (SSSR count). The number of benzene rings is 1. The number of hydrogen-bond donors (Lipinski definition) is 0. The molecule has 2 unspecified atom stereocenters. The van der Waals surface area contributed by atoms with Crippen molar-refractivity contribution in [1.29, 1.82) is 0 Å². The van der Waals surface area contributed by atoms with Crippen molar-refractivity contribution in [2.24, 2.45) is 11.8 Å². The number of nitrogens with zero attached hydrogens (tertiary/aromatic N) is 2. The maximum atomic E-state index is 12.8. The minimum atomic E-state index is -3.72. The Morgan fingerprint density at radius 1 is 1.00 bits per heavy atom. The zero-order valence-electron chi connectivity index (χ0n) is 14.4. The molecular weight excluding hydrogens is 356 g/mol. The van der Waals surface area contributed by atoms with Crippen molar-refractivity contribution in [2.45, 2.75) is 23.8 Å². The quantitative estimate of drug-likeness (QED) is 0.579. The molecule has 1 aromatic rings. The summed E-state index contributed by atoms with van der Waals surface area (Å²) < 4.78 is 32.1. The van der Waals surface area contributed by atoms with Crippen molar-refractivity contribution >= 4 is 21.8 Å². The van der Waals surface area contributed by atoms with Gasteiger partial charge < -0.3 is 4.74 Å². The molecular formula is C18H20N2O5S. The highest BCUT2D eigenvalue weighted by Gasteiger charge is 2.53. The van der Waals surface area contributed by atoms with Crippen LogP contribution < -0.4 is 4.74 Å². The monoisotopic (exact) mass is 376 g/mol. The Kier molecular flexibility index (Phi) is 4.11. The number of ether oxygens (including phenoxy) is 1. The molecule has 1 aromatic carbocycles. The van der Waals surface area contributed by atoms with E-state index in [1.807, 2.05) is 12.2 Å². The Hall–Kier alpha value is -2.19. The van der Waals surface area contributed by atoms with Crippen LogP contribution in [0.25, 0.3) is 0 Å². The third-order valence-corrected chi connectivity index (χ3v) is 7.29. The first-order valence-electron chi connectivity index (χ1n) is 8.60. The number of sulfonamides is 1. The summed E-state index contributed by atoms with van der Waals surface area (Å²) in [5.41, 5.74) is 0. The summed E-state index contributed by atoms with van der Waals surface area (Å²) in [6, 6.07) is 6.04. The van der Waals surface area contributed by atoms with Crippen molar-refractivity contribution in [3.63, 3.8) is 0 Å². The van der Waals surface area contributed by atoms with Gasteiger partial charge in [-0.25, -0.2) is 8.42 Å². The molecule has 2 heterocycles. The molecule has 0 aromatic heterocycles. The molecule has 0 bridgehead atoms. The number of likely N-dealkylation sites (tertiary alicyclic amines) is 1. The molecule has 7 nitrogen and oxygen atoms in total. The lowest BCUT2D eigenvalue weighted by molar-refractivity contribution is -0.145. The van der Waals surface area contributed by atoms with Crippen molar-refractivity contribution in [2.75, 3.05) is 20.2 Å². The highest BCUT2D eigenvalue weighted by Crippen LogP contribution is 2.38. The molecule has 2 fully saturated rings. The van der Waals surface area contributed by atoms with E-state index in [1.54, 1.807) is 18.2 Å². The van der Waals surface area contributed by atoms with E-state index in [1.165, 1.54) is 22.4 Å². The van der Waals surface area contributed by atoms with Crippen LogP contribution in [0.2, 0.25) is 0 Å². The first kappa shape index (κ1) is 17.2. The lowest BCUT2D eigenvalue weighted by atomic mass is 9.85. The van der Waals surface area contributed by atoms with E-state index in [-0.39, 0.29) is 53.4 Å². The van der Waals surface area contributed by atoms with Crippen LogP contribution in [0.1, 0.15) is 12.8 Å². The Morgan fingerprint density at radius 3 is 2.15 bits per heavy atom. The molecule has 0 saturated carbocycles. The first-order valence-corrected chi connectivity index (χ1v) is 10.0. The van der Waals surface area contributed by atoms with Crippen LogP contribution in [0, 0.1) is 11.8 Å². The number of carbonyl (C=O) groups is 2. The molecule has 3 aliphatic rings. The fraction of sp³-hybridized carbons (Fsp3) is 0.444.